The molecule has 3 nitrogen and oxygen atoms in total. The van der Waals surface area contributed by atoms with Crippen molar-refractivity contribution in [1.29, 1.82) is 0 Å². The molecule has 0 aromatic heterocycles. The SMILES string of the molecule is C=O.Oc1ccccc1CC1CO1. The fourth-order valence-electron chi connectivity index (χ4n) is 1.11. The van der Waals surface area contributed by atoms with E-state index in [9.17, 15) is 5.11 Å². The average Bonchev–Trinajstić information content (AvgIpc) is 2.96. The number of carbonyl (C=O) groups excluding carboxylic acids is 1. The first-order valence-electron chi connectivity index (χ1n) is 4.03. The molecule has 1 fully saturated rings. The summed E-state index contributed by atoms with van der Waals surface area (Å²) in [5.74, 6) is 0.378. The van der Waals surface area contributed by atoms with Gasteiger partial charge in [0.1, 0.15) is 12.5 Å². The first-order chi connectivity index (χ1) is 6.36. The molecule has 2 rings (SSSR count). The van der Waals surface area contributed by atoms with Crippen LogP contribution in [0.5, 0.6) is 5.75 Å². The van der Waals surface area contributed by atoms with Gasteiger partial charge in [0.25, 0.3) is 0 Å². The highest BCUT2D eigenvalue weighted by atomic mass is 16.6. The molecule has 1 aliphatic heterocycles. The van der Waals surface area contributed by atoms with E-state index in [0.29, 0.717) is 11.9 Å². The molecule has 0 amide bonds. The van der Waals surface area contributed by atoms with Crippen molar-refractivity contribution in [2.45, 2.75) is 12.5 Å². The van der Waals surface area contributed by atoms with Crippen molar-refractivity contribution in [1.82, 2.24) is 0 Å². The maximum absolute atomic E-state index is 9.33. The van der Waals surface area contributed by atoms with Gasteiger partial charge < -0.3 is 14.6 Å². The molecule has 0 saturated carbocycles. The number of hydrogen-bond donors (Lipinski definition) is 1. The normalized spacial score (nSPS) is 18.6. The van der Waals surface area contributed by atoms with Crippen molar-refractivity contribution >= 4 is 6.79 Å². The Bertz CT molecular complexity index is 269. The maximum atomic E-state index is 9.33. The first-order valence-corrected chi connectivity index (χ1v) is 4.03. The fraction of sp³-hybridized carbons (Fsp3) is 0.300. The topological polar surface area (TPSA) is 49.8 Å². The van der Waals surface area contributed by atoms with Crippen LogP contribution >= 0.6 is 0 Å². The van der Waals surface area contributed by atoms with Crippen LogP contribution in [0.3, 0.4) is 0 Å². The summed E-state index contributed by atoms with van der Waals surface area (Å²) in [6.07, 6.45) is 1.19. The summed E-state index contributed by atoms with van der Waals surface area (Å²) in [6.45, 7) is 2.84. The van der Waals surface area contributed by atoms with E-state index in [1.807, 2.05) is 25.0 Å². The van der Waals surface area contributed by atoms with Gasteiger partial charge in [0.05, 0.1) is 12.7 Å². The predicted octanol–water partition coefficient (Wildman–Crippen LogP) is 1.15. The molecule has 0 aliphatic carbocycles. The molecule has 1 unspecified atom stereocenters. The summed E-state index contributed by atoms with van der Waals surface area (Å²) in [5.41, 5.74) is 0.981. The highest BCUT2D eigenvalue weighted by Gasteiger charge is 2.23. The first kappa shape index (κ1) is 9.74. The minimum Gasteiger partial charge on any atom is -0.508 e. The Morgan fingerprint density at radius 2 is 2.08 bits per heavy atom. The van der Waals surface area contributed by atoms with Crippen LogP contribution in [-0.2, 0) is 16.0 Å². The molecule has 1 N–H and O–H groups in total. The third kappa shape index (κ3) is 2.87. The molecule has 1 atom stereocenters. The van der Waals surface area contributed by atoms with Crippen molar-refractivity contribution in [3.05, 3.63) is 29.8 Å². The molecule has 1 aromatic carbocycles. The van der Waals surface area contributed by atoms with Gasteiger partial charge in [0, 0.05) is 6.42 Å². The number of hydrogen-bond acceptors (Lipinski definition) is 3. The van der Waals surface area contributed by atoms with Crippen LogP contribution in [0.1, 0.15) is 5.56 Å². The summed E-state index contributed by atoms with van der Waals surface area (Å²) in [6, 6.07) is 7.39. The van der Waals surface area contributed by atoms with Crippen molar-refractivity contribution < 1.29 is 14.6 Å². The van der Waals surface area contributed by atoms with Crippen molar-refractivity contribution in [3.63, 3.8) is 0 Å². The van der Waals surface area contributed by atoms with Crippen LogP contribution in [0.2, 0.25) is 0 Å². The van der Waals surface area contributed by atoms with Crippen molar-refractivity contribution in [2.75, 3.05) is 6.61 Å². The summed E-state index contributed by atoms with van der Waals surface area (Å²) in [4.78, 5) is 8.00. The van der Waals surface area contributed by atoms with Gasteiger partial charge >= 0.3 is 0 Å². The zero-order valence-corrected chi connectivity index (χ0v) is 7.27. The van der Waals surface area contributed by atoms with Gasteiger partial charge in [-0.3, -0.25) is 0 Å². The van der Waals surface area contributed by atoms with E-state index in [-0.39, 0.29) is 0 Å². The zero-order valence-electron chi connectivity index (χ0n) is 7.27. The number of rotatable bonds is 2. The monoisotopic (exact) mass is 180 g/mol. The van der Waals surface area contributed by atoms with E-state index in [4.69, 9.17) is 9.53 Å². The second-order valence-corrected chi connectivity index (χ2v) is 2.79. The number of epoxide rings is 1. The summed E-state index contributed by atoms with van der Waals surface area (Å²) >= 11 is 0. The van der Waals surface area contributed by atoms with Gasteiger partial charge in [0.15, 0.2) is 0 Å². The van der Waals surface area contributed by atoms with Gasteiger partial charge in [-0.2, -0.15) is 0 Å². The van der Waals surface area contributed by atoms with Crippen LogP contribution in [-0.4, -0.2) is 24.6 Å². The van der Waals surface area contributed by atoms with Gasteiger partial charge in [-0.25, -0.2) is 0 Å². The lowest BCUT2D eigenvalue weighted by Gasteiger charge is -1.99. The van der Waals surface area contributed by atoms with Crippen LogP contribution in [0.4, 0.5) is 0 Å². The molecular weight excluding hydrogens is 168 g/mol. The van der Waals surface area contributed by atoms with E-state index in [0.717, 1.165) is 18.6 Å². The minimum atomic E-state index is 0.350. The van der Waals surface area contributed by atoms with E-state index in [2.05, 4.69) is 0 Å². The highest BCUT2D eigenvalue weighted by Crippen LogP contribution is 2.22. The molecular formula is C10H12O3. The Kier molecular flexibility index (Phi) is 3.46. The molecule has 13 heavy (non-hydrogen) atoms. The summed E-state index contributed by atoms with van der Waals surface area (Å²) in [7, 11) is 0. The van der Waals surface area contributed by atoms with Crippen LogP contribution in [0, 0.1) is 0 Å². The predicted molar refractivity (Wildman–Crippen MR) is 48.7 cm³/mol. The molecule has 1 saturated heterocycles. The number of ether oxygens (including phenoxy) is 1. The molecule has 70 valence electrons. The third-order valence-corrected chi connectivity index (χ3v) is 1.84. The Morgan fingerprint density at radius 1 is 1.46 bits per heavy atom. The van der Waals surface area contributed by atoms with Crippen LogP contribution < -0.4 is 0 Å². The fourth-order valence-corrected chi connectivity index (χ4v) is 1.11. The number of aromatic hydroxyl groups is 1. The second kappa shape index (κ2) is 4.62. The smallest absolute Gasteiger partial charge is 0.118 e. The van der Waals surface area contributed by atoms with E-state index in [1.165, 1.54) is 0 Å². The Labute approximate surface area is 77.0 Å². The number of phenolic OH excluding ortho intramolecular Hbond substituents is 1. The Balaban J connectivity index is 0.000000396. The van der Waals surface area contributed by atoms with Gasteiger partial charge in [-0.1, -0.05) is 18.2 Å². The summed E-state index contributed by atoms with van der Waals surface area (Å²) in [5, 5.41) is 9.33. The second-order valence-electron chi connectivity index (χ2n) is 2.79. The molecule has 3 heteroatoms. The highest BCUT2D eigenvalue weighted by molar-refractivity contribution is 5.32. The number of para-hydroxylation sites is 1. The molecule has 0 spiro atoms. The molecule has 0 radical (unpaired) electrons. The number of benzene rings is 1. The lowest BCUT2D eigenvalue weighted by Crippen LogP contribution is -1.92. The van der Waals surface area contributed by atoms with E-state index in [1.54, 1.807) is 6.07 Å². The summed E-state index contributed by atoms with van der Waals surface area (Å²) < 4.78 is 5.06. The average molecular weight is 180 g/mol. The number of phenols is 1. The van der Waals surface area contributed by atoms with Crippen molar-refractivity contribution in [2.24, 2.45) is 0 Å². The largest absolute Gasteiger partial charge is 0.508 e. The van der Waals surface area contributed by atoms with Crippen LogP contribution in [0.25, 0.3) is 0 Å². The Morgan fingerprint density at radius 3 is 2.62 bits per heavy atom. The lowest BCUT2D eigenvalue weighted by atomic mass is 10.1. The lowest BCUT2D eigenvalue weighted by molar-refractivity contribution is -0.0979. The Hall–Kier alpha value is -1.35. The van der Waals surface area contributed by atoms with Gasteiger partial charge in [-0.05, 0) is 11.6 Å². The minimum absolute atomic E-state index is 0.350. The molecule has 0 bridgehead atoms. The van der Waals surface area contributed by atoms with Gasteiger partial charge in [-0.15, -0.1) is 0 Å². The van der Waals surface area contributed by atoms with E-state index < -0.39 is 0 Å². The standard InChI is InChI=1S/C9H10O2.CH2O/c10-9-4-2-1-3-7(9)5-8-6-11-8;1-2/h1-4,8,10H,5-6H2;1H2. The number of carbonyl (C=O) groups is 1. The maximum Gasteiger partial charge on any atom is 0.118 e. The molecule has 1 aromatic rings. The van der Waals surface area contributed by atoms with Gasteiger partial charge in [0.2, 0.25) is 0 Å². The third-order valence-electron chi connectivity index (χ3n) is 1.84. The van der Waals surface area contributed by atoms with E-state index >= 15 is 0 Å². The molecule has 1 heterocycles. The zero-order chi connectivity index (χ0) is 9.68. The van der Waals surface area contributed by atoms with Crippen molar-refractivity contribution in [3.8, 4) is 5.75 Å². The molecule has 1 aliphatic rings. The quantitative estimate of drug-likeness (QED) is 0.694. The van der Waals surface area contributed by atoms with Crippen LogP contribution in [0.15, 0.2) is 24.3 Å².